The summed E-state index contributed by atoms with van der Waals surface area (Å²) in [6, 6.07) is 2.95. The summed E-state index contributed by atoms with van der Waals surface area (Å²) < 4.78 is 41.2. The number of nitro groups is 1. The predicted molar refractivity (Wildman–Crippen MR) is 61.1 cm³/mol. The van der Waals surface area contributed by atoms with Crippen LogP contribution in [0.25, 0.3) is 0 Å². The van der Waals surface area contributed by atoms with Crippen molar-refractivity contribution < 1.29 is 27.6 Å². The van der Waals surface area contributed by atoms with E-state index in [1.807, 2.05) is 0 Å². The Morgan fingerprint density at radius 2 is 2.10 bits per heavy atom. The van der Waals surface area contributed by atoms with Crippen molar-refractivity contribution in [3.63, 3.8) is 0 Å². The number of carbonyl (C=O) groups is 1. The average molecular weight is 306 g/mol. The second-order valence-electron chi connectivity index (χ2n) is 3.24. The molecule has 0 aliphatic carbocycles. The third kappa shape index (κ3) is 3.39. The Kier molecular flexibility index (Phi) is 4.57. The van der Waals surface area contributed by atoms with E-state index in [0.717, 1.165) is 19.2 Å². The van der Waals surface area contributed by atoms with E-state index in [0.29, 0.717) is 0 Å². The van der Waals surface area contributed by atoms with Crippen LogP contribution in [-0.2, 0) is 4.74 Å². The Labute approximate surface area is 114 Å². The van der Waals surface area contributed by atoms with Crippen molar-refractivity contribution in [1.82, 2.24) is 0 Å². The molecular formula is C10H5F3N2O4S. The molecular weight excluding hydrogens is 301 g/mol. The first-order valence-corrected chi connectivity index (χ1v) is 5.58. The maximum Gasteiger partial charge on any atom is 0.446 e. The molecule has 0 aliphatic heterocycles. The van der Waals surface area contributed by atoms with E-state index in [4.69, 9.17) is 5.26 Å². The predicted octanol–water partition coefficient (Wildman–Crippen LogP) is 2.86. The highest BCUT2D eigenvalue weighted by molar-refractivity contribution is 8.00. The van der Waals surface area contributed by atoms with Crippen LogP contribution in [0.2, 0.25) is 0 Å². The lowest BCUT2D eigenvalue weighted by atomic mass is 10.1. The van der Waals surface area contributed by atoms with E-state index in [1.165, 1.54) is 6.07 Å². The molecule has 0 fully saturated rings. The van der Waals surface area contributed by atoms with E-state index in [9.17, 15) is 28.1 Å². The zero-order chi connectivity index (χ0) is 15.5. The number of esters is 1. The van der Waals surface area contributed by atoms with Crippen molar-refractivity contribution >= 4 is 23.4 Å². The molecule has 20 heavy (non-hydrogen) atoms. The van der Waals surface area contributed by atoms with E-state index < -0.39 is 49.9 Å². The molecule has 10 heteroatoms. The van der Waals surface area contributed by atoms with Crippen LogP contribution in [-0.4, -0.2) is 23.5 Å². The number of halogens is 3. The third-order valence-electron chi connectivity index (χ3n) is 2.07. The van der Waals surface area contributed by atoms with Crippen LogP contribution < -0.4 is 0 Å². The maximum absolute atomic E-state index is 12.3. The molecule has 0 saturated heterocycles. The SMILES string of the molecule is COC(=O)c1ccc(SC(F)(F)F)c(C#N)c1[N+](=O)[O-]. The van der Waals surface area contributed by atoms with Crippen LogP contribution in [0.4, 0.5) is 18.9 Å². The van der Waals surface area contributed by atoms with Crippen molar-refractivity contribution in [2.24, 2.45) is 0 Å². The molecule has 0 unspecified atom stereocenters. The highest BCUT2D eigenvalue weighted by atomic mass is 32.2. The number of methoxy groups -OCH3 is 1. The molecule has 0 aliphatic rings. The maximum atomic E-state index is 12.3. The zero-order valence-electron chi connectivity index (χ0n) is 9.72. The molecule has 106 valence electrons. The Balaban J connectivity index is 3.55. The summed E-state index contributed by atoms with van der Waals surface area (Å²) in [4.78, 5) is 20.5. The molecule has 0 spiro atoms. The van der Waals surface area contributed by atoms with Gasteiger partial charge in [0.05, 0.1) is 12.0 Å². The fourth-order valence-electron chi connectivity index (χ4n) is 1.35. The van der Waals surface area contributed by atoms with Gasteiger partial charge in [-0.15, -0.1) is 0 Å². The summed E-state index contributed by atoms with van der Waals surface area (Å²) in [5, 5.41) is 19.7. The summed E-state index contributed by atoms with van der Waals surface area (Å²) in [6.07, 6.45) is 0. The molecule has 0 saturated carbocycles. The number of benzene rings is 1. The highest BCUT2D eigenvalue weighted by Crippen LogP contribution is 2.41. The lowest BCUT2D eigenvalue weighted by Gasteiger charge is -2.09. The van der Waals surface area contributed by atoms with Gasteiger partial charge >= 0.3 is 17.2 Å². The molecule has 0 heterocycles. The second kappa shape index (κ2) is 5.79. The van der Waals surface area contributed by atoms with E-state index >= 15 is 0 Å². The molecule has 6 nitrogen and oxygen atoms in total. The number of hydrogen-bond donors (Lipinski definition) is 0. The van der Waals surface area contributed by atoms with Crippen molar-refractivity contribution in [3.8, 4) is 6.07 Å². The largest absolute Gasteiger partial charge is 0.465 e. The standard InChI is InChI=1S/C10H5F3N2O4S/c1-19-9(16)5-2-3-7(20-10(11,12)13)6(4-14)8(5)15(17)18/h2-3H,1H3. The van der Waals surface area contributed by atoms with Crippen LogP contribution in [0, 0.1) is 21.4 Å². The zero-order valence-corrected chi connectivity index (χ0v) is 10.5. The molecule has 1 aromatic rings. The lowest BCUT2D eigenvalue weighted by Crippen LogP contribution is -2.09. The van der Waals surface area contributed by atoms with Gasteiger partial charge in [-0.1, -0.05) is 0 Å². The Bertz CT molecular complexity index is 610. The van der Waals surface area contributed by atoms with Crippen LogP contribution in [0.5, 0.6) is 0 Å². The van der Waals surface area contributed by atoms with E-state index in [-0.39, 0.29) is 0 Å². The number of nitro benzene ring substituents is 1. The van der Waals surface area contributed by atoms with Crippen LogP contribution >= 0.6 is 11.8 Å². The lowest BCUT2D eigenvalue weighted by molar-refractivity contribution is -0.385. The number of carbonyl (C=O) groups excluding carboxylic acids is 1. The van der Waals surface area contributed by atoms with Crippen LogP contribution in [0.3, 0.4) is 0 Å². The third-order valence-corrected chi connectivity index (χ3v) is 2.86. The monoisotopic (exact) mass is 306 g/mol. The fraction of sp³-hybridized carbons (Fsp3) is 0.200. The van der Waals surface area contributed by atoms with Crippen molar-refractivity contribution in [2.75, 3.05) is 7.11 Å². The van der Waals surface area contributed by atoms with E-state index in [1.54, 1.807) is 0 Å². The Morgan fingerprint density at radius 3 is 2.50 bits per heavy atom. The van der Waals surface area contributed by atoms with Gasteiger partial charge in [0.25, 0.3) is 0 Å². The smallest absolute Gasteiger partial charge is 0.446 e. The number of alkyl halides is 3. The van der Waals surface area contributed by atoms with Gasteiger partial charge in [0, 0.05) is 4.90 Å². The summed E-state index contributed by atoms with van der Waals surface area (Å²) in [5.74, 6) is -1.11. The Morgan fingerprint density at radius 1 is 1.50 bits per heavy atom. The number of thioether (sulfide) groups is 1. The summed E-state index contributed by atoms with van der Waals surface area (Å²) in [7, 11) is 0.955. The number of ether oxygens (including phenoxy) is 1. The van der Waals surface area contributed by atoms with Gasteiger partial charge in [0.1, 0.15) is 17.2 Å². The van der Waals surface area contributed by atoms with Crippen molar-refractivity contribution in [1.29, 1.82) is 5.26 Å². The summed E-state index contributed by atoms with van der Waals surface area (Å²) in [5.41, 5.74) is -7.14. The molecule has 0 bridgehead atoms. The van der Waals surface area contributed by atoms with Gasteiger partial charge in [0.15, 0.2) is 0 Å². The number of nitrogens with zero attached hydrogens (tertiary/aromatic N) is 2. The summed E-state index contributed by atoms with van der Waals surface area (Å²) in [6.45, 7) is 0. The molecule has 0 radical (unpaired) electrons. The van der Waals surface area contributed by atoms with Crippen molar-refractivity contribution in [3.05, 3.63) is 33.4 Å². The molecule has 0 N–H and O–H groups in total. The fourth-order valence-corrected chi connectivity index (χ4v) is 1.98. The van der Waals surface area contributed by atoms with Crippen molar-refractivity contribution in [2.45, 2.75) is 10.4 Å². The average Bonchev–Trinajstić information content (AvgIpc) is 2.35. The van der Waals surface area contributed by atoms with Crippen LogP contribution in [0.15, 0.2) is 17.0 Å². The summed E-state index contributed by atoms with van der Waals surface area (Å²) >= 11 is -0.668. The van der Waals surface area contributed by atoms with E-state index in [2.05, 4.69) is 4.74 Å². The van der Waals surface area contributed by atoms with Gasteiger partial charge in [-0.05, 0) is 23.9 Å². The molecule has 1 aromatic carbocycles. The number of hydrogen-bond acceptors (Lipinski definition) is 6. The van der Waals surface area contributed by atoms with Gasteiger partial charge in [-0.25, -0.2) is 4.79 Å². The highest BCUT2D eigenvalue weighted by Gasteiger charge is 2.35. The molecule has 0 atom stereocenters. The molecule has 1 rings (SSSR count). The van der Waals surface area contributed by atoms with Gasteiger partial charge < -0.3 is 4.74 Å². The molecule has 0 aromatic heterocycles. The first-order chi connectivity index (χ1) is 9.21. The minimum Gasteiger partial charge on any atom is -0.465 e. The number of rotatable bonds is 3. The quantitative estimate of drug-likeness (QED) is 0.369. The first-order valence-electron chi connectivity index (χ1n) is 4.76. The topological polar surface area (TPSA) is 93.2 Å². The van der Waals surface area contributed by atoms with Gasteiger partial charge in [-0.2, -0.15) is 18.4 Å². The Hall–Kier alpha value is -2.28. The normalized spacial score (nSPS) is 10.8. The second-order valence-corrected chi connectivity index (χ2v) is 4.35. The molecule has 0 amide bonds. The first kappa shape index (κ1) is 15.8. The minimum atomic E-state index is -4.72. The van der Waals surface area contributed by atoms with Gasteiger partial charge in [0.2, 0.25) is 0 Å². The van der Waals surface area contributed by atoms with Gasteiger partial charge in [-0.3, -0.25) is 10.1 Å². The number of nitriles is 1. The van der Waals surface area contributed by atoms with Crippen LogP contribution in [0.1, 0.15) is 15.9 Å². The minimum absolute atomic E-state index is 0.583.